The van der Waals surface area contributed by atoms with Crippen molar-refractivity contribution in [3.63, 3.8) is 0 Å². The van der Waals surface area contributed by atoms with Crippen LogP contribution >= 0.6 is 23.2 Å². The van der Waals surface area contributed by atoms with Crippen LogP contribution in [0.25, 0.3) is 0 Å². The van der Waals surface area contributed by atoms with Crippen molar-refractivity contribution in [3.05, 3.63) is 33.8 Å². The molecule has 0 spiro atoms. The third kappa shape index (κ3) is 4.65. The Balaban J connectivity index is 1.77. The van der Waals surface area contributed by atoms with E-state index in [1.807, 2.05) is 12.1 Å². The quantitative estimate of drug-likeness (QED) is 0.578. The van der Waals surface area contributed by atoms with Crippen LogP contribution in [0.5, 0.6) is 0 Å². The van der Waals surface area contributed by atoms with Gasteiger partial charge >= 0.3 is 0 Å². The van der Waals surface area contributed by atoms with E-state index >= 15 is 0 Å². The Kier molecular flexibility index (Phi) is 6.67. The van der Waals surface area contributed by atoms with Crippen molar-refractivity contribution in [2.75, 3.05) is 13.2 Å². The van der Waals surface area contributed by atoms with E-state index in [9.17, 15) is 0 Å². The standard InChI is InChI=1S/C17H24Cl2O/c1-2-10-20-11-9-13-3-5-14(6-4-13)15-7-8-16(18)17(19)12-15/h7-8,12-14H,2-6,9-11H2,1H3. The first-order valence-electron chi connectivity index (χ1n) is 7.73. The van der Waals surface area contributed by atoms with Crippen molar-refractivity contribution >= 4 is 23.2 Å². The maximum absolute atomic E-state index is 6.11. The lowest BCUT2D eigenvalue weighted by Crippen LogP contribution is -2.15. The average molecular weight is 315 g/mol. The molecule has 1 nitrogen and oxygen atoms in total. The first-order chi connectivity index (χ1) is 9.70. The lowest BCUT2D eigenvalue weighted by Gasteiger charge is -2.29. The summed E-state index contributed by atoms with van der Waals surface area (Å²) in [5, 5.41) is 1.33. The highest BCUT2D eigenvalue weighted by Crippen LogP contribution is 2.38. The number of hydrogen-bond donors (Lipinski definition) is 0. The van der Waals surface area contributed by atoms with Crippen molar-refractivity contribution in [1.82, 2.24) is 0 Å². The van der Waals surface area contributed by atoms with E-state index in [0.29, 0.717) is 16.0 Å². The highest BCUT2D eigenvalue weighted by atomic mass is 35.5. The third-order valence-electron chi connectivity index (χ3n) is 4.28. The molecule has 3 heteroatoms. The minimum Gasteiger partial charge on any atom is -0.381 e. The van der Waals surface area contributed by atoms with Crippen LogP contribution in [-0.2, 0) is 4.74 Å². The van der Waals surface area contributed by atoms with E-state index in [2.05, 4.69) is 13.0 Å². The molecule has 1 aliphatic rings. The Hall–Kier alpha value is -0.240. The molecule has 2 rings (SSSR count). The molecule has 1 aliphatic carbocycles. The Morgan fingerprint density at radius 1 is 1.05 bits per heavy atom. The Bertz CT molecular complexity index is 411. The maximum Gasteiger partial charge on any atom is 0.0595 e. The van der Waals surface area contributed by atoms with Gasteiger partial charge in [-0.2, -0.15) is 0 Å². The van der Waals surface area contributed by atoms with Crippen molar-refractivity contribution in [2.24, 2.45) is 5.92 Å². The van der Waals surface area contributed by atoms with E-state index in [-0.39, 0.29) is 0 Å². The molecule has 0 radical (unpaired) electrons. The minimum atomic E-state index is 0.650. The van der Waals surface area contributed by atoms with Crippen molar-refractivity contribution in [2.45, 2.75) is 51.4 Å². The van der Waals surface area contributed by atoms with E-state index in [4.69, 9.17) is 27.9 Å². The van der Waals surface area contributed by atoms with E-state index < -0.39 is 0 Å². The SMILES string of the molecule is CCCOCCC1CCC(c2ccc(Cl)c(Cl)c2)CC1. The molecule has 1 aromatic carbocycles. The zero-order valence-electron chi connectivity index (χ0n) is 12.2. The highest BCUT2D eigenvalue weighted by Gasteiger charge is 2.22. The van der Waals surface area contributed by atoms with Crippen LogP contribution in [0.3, 0.4) is 0 Å². The molecule has 0 N–H and O–H groups in total. The fourth-order valence-corrected chi connectivity index (χ4v) is 3.35. The van der Waals surface area contributed by atoms with Crippen LogP contribution < -0.4 is 0 Å². The van der Waals surface area contributed by atoms with Gasteiger partial charge in [-0.3, -0.25) is 0 Å². The van der Waals surface area contributed by atoms with E-state index in [0.717, 1.165) is 25.6 Å². The Labute approximate surface area is 132 Å². The fourth-order valence-electron chi connectivity index (χ4n) is 3.05. The molecule has 112 valence electrons. The van der Waals surface area contributed by atoms with Crippen molar-refractivity contribution in [1.29, 1.82) is 0 Å². The first kappa shape index (κ1) is 16.1. The summed E-state index contributed by atoms with van der Waals surface area (Å²) in [5.74, 6) is 1.49. The summed E-state index contributed by atoms with van der Waals surface area (Å²) in [6, 6.07) is 6.09. The molecule has 0 aromatic heterocycles. The molecule has 1 saturated carbocycles. The zero-order chi connectivity index (χ0) is 14.4. The van der Waals surface area contributed by atoms with Crippen molar-refractivity contribution < 1.29 is 4.74 Å². The van der Waals surface area contributed by atoms with Gasteiger partial charge < -0.3 is 4.74 Å². The summed E-state index contributed by atoms with van der Waals surface area (Å²) in [6.07, 6.45) is 7.46. The molecule has 0 bridgehead atoms. The van der Waals surface area contributed by atoms with Gasteiger partial charge in [-0.25, -0.2) is 0 Å². The number of benzene rings is 1. The van der Waals surface area contributed by atoms with Gasteiger partial charge in [0.15, 0.2) is 0 Å². The Morgan fingerprint density at radius 3 is 2.45 bits per heavy atom. The molecule has 0 amide bonds. The predicted molar refractivity (Wildman–Crippen MR) is 86.9 cm³/mol. The summed E-state index contributed by atoms with van der Waals surface area (Å²) >= 11 is 12.1. The monoisotopic (exact) mass is 314 g/mol. The first-order valence-corrected chi connectivity index (χ1v) is 8.49. The molecule has 0 heterocycles. The van der Waals surface area contributed by atoms with Gasteiger partial charge in [-0.15, -0.1) is 0 Å². The van der Waals surface area contributed by atoms with Crippen molar-refractivity contribution in [3.8, 4) is 0 Å². The number of ether oxygens (including phenoxy) is 1. The van der Waals surface area contributed by atoms with Gasteiger partial charge in [-0.05, 0) is 68.1 Å². The van der Waals surface area contributed by atoms with Crippen LogP contribution in [0.15, 0.2) is 18.2 Å². The molecule has 1 fully saturated rings. The molecule has 0 unspecified atom stereocenters. The van der Waals surface area contributed by atoms with Gasteiger partial charge in [-0.1, -0.05) is 36.2 Å². The smallest absolute Gasteiger partial charge is 0.0595 e. The molecular formula is C17H24Cl2O. The van der Waals surface area contributed by atoms with E-state index in [1.165, 1.54) is 37.7 Å². The number of rotatable bonds is 6. The van der Waals surface area contributed by atoms with Gasteiger partial charge in [0.2, 0.25) is 0 Å². The average Bonchev–Trinajstić information content (AvgIpc) is 2.47. The van der Waals surface area contributed by atoms with Crippen LogP contribution in [0.1, 0.15) is 56.9 Å². The lowest BCUT2D eigenvalue weighted by molar-refractivity contribution is 0.113. The van der Waals surface area contributed by atoms with Gasteiger partial charge in [0, 0.05) is 13.2 Å². The van der Waals surface area contributed by atoms with Gasteiger partial charge in [0.05, 0.1) is 10.0 Å². The highest BCUT2D eigenvalue weighted by molar-refractivity contribution is 6.42. The maximum atomic E-state index is 6.11. The summed E-state index contributed by atoms with van der Waals surface area (Å²) in [6.45, 7) is 3.98. The zero-order valence-corrected chi connectivity index (χ0v) is 13.7. The normalized spacial score (nSPS) is 22.9. The summed E-state index contributed by atoms with van der Waals surface area (Å²) < 4.78 is 5.59. The number of hydrogen-bond acceptors (Lipinski definition) is 1. The molecule has 20 heavy (non-hydrogen) atoms. The summed E-state index contributed by atoms with van der Waals surface area (Å²) in [4.78, 5) is 0. The van der Waals surface area contributed by atoms with Gasteiger partial charge in [0.1, 0.15) is 0 Å². The van der Waals surface area contributed by atoms with Crippen LogP contribution in [0.4, 0.5) is 0 Å². The van der Waals surface area contributed by atoms with Crippen LogP contribution in [0, 0.1) is 5.92 Å². The molecule has 0 atom stereocenters. The largest absolute Gasteiger partial charge is 0.381 e. The second kappa shape index (κ2) is 8.26. The van der Waals surface area contributed by atoms with Gasteiger partial charge in [0.25, 0.3) is 0 Å². The fraction of sp³-hybridized carbons (Fsp3) is 0.647. The summed E-state index contributed by atoms with van der Waals surface area (Å²) in [5.41, 5.74) is 1.35. The second-order valence-corrected chi connectivity index (χ2v) is 6.61. The molecule has 0 saturated heterocycles. The topological polar surface area (TPSA) is 9.23 Å². The van der Waals surface area contributed by atoms with E-state index in [1.54, 1.807) is 0 Å². The van der Waals surface area contributed by atoms with Crippen LogP contribution in [0.2, 0.25) is 10.0 Å². The molecular weight excluding hydrogens is 291 g/mol. The predicted octanol–water partition coefficient (Wildman–Crippen LogP) is 6.08. The summed E-state index contributed by atoms with van der Waals surface area (Å²) in [7, 11) is 0. The molecule has 0 aliphatic heterocycles. The second-order valence-electron chi connectivity index (χ2n) is 5.79. The lowest BCUT2D eigenvalue weighted by atomic mass is 9.78. The third-order valence-corrected chi connectivity index (χ3v) is 5.02. The minimum absolute atomic E-state index is 0.650. The molecule has 1 aromatic rings. The number of halogens is 2. The van der Waals surface area contributed by atoms with Crippen LogP contribution in [-0.4, -0.2) is 13.2 Å². The Morgan fingerprint density at radius 2 is 1.80 bits per heavy atom.